The fraction of sp³-hybridized carbons (Fsp3) is 0.400. The minimum atomic E-state index is 0.236. The Balaban J connectivity index is 2.78. The van der Waals surface area contributed by atoms with Gasteiger partial charge in [-0.25, -0.2) is 0 Å². The fourth-order valence-electron chi connectivity index (χ4n) is 1.48. The summed E-state index contributed by atoms with van der Waals surface area (Å²) in [5, 5.41) is 8.90. The Kier molecular flexibility index (Phi) is 3.11. The maximum atomic E-state index is 8.90. The van der Waals surface area contributed by atoms with Crippen molar-refractivity contribution in [2.24, 2.45) is 5.73 Å². The van der Waals surface area contributed by atoms with Crippen LogP contribution >= 0.6 is 0 Å². The number of hydrogen-bond acceptors (Lipinski definition) is 2. The topological polar surface area (TPSA) is 46.2 Å². The van der Waals surface area contributed by atoms with Crippen LogP contribution in [-0.4, -0.2) is 11.1 Å². The molecule has 0 saturated heterocycles. The summed E-state index contributed by atoms with van der Waals surface area (Å²) in [5.74, 6) is 0. The van der Waals surface area contributed by atoms with E-state index in [9.17, 15) is 0 Å². The van der Waals surface area contributed by atoms with E-state index in [1.165, 1.54) is 6.26 Å². The predicted molar refractivity (Wildman–Crippen MR) is 50.8 cm³/mol. The SMILES string of the molecule is C=C/C=C1/CC(N)CC/C1=C\O. The molecule has 1 unspecified atom stereocenters. The first-order valence-electron chi connectivity index (χ1n) is 4.18. The molecule has 0 amide bonds. The van der Waals surface area contributed by atoms with Gasteiger partial charge in [-0.05, 0) is 30.4 Å². The zero-order valence-electron chi connectivity index (χ0n) is 7.16. The normalized spacial score (nSPS) is 30.9. The lowest BCUT2D eigenvalue weighted by atomic mass is 9.87. The molecule has 0 aromatic rings. The summed E-state index contributed by atoms with van der Waals surface area (Å²) in [5.41, 5.74) is 7.90. The average Bonchev–Trinajstić information content (AvgIpc) is 2.05. The van der Waals surface area contributed by atoms with Crippen molar-refractivity contribution in [3.63, 3.8) is 0 Å². The predicted octanol–water partition coefficient (Wildman–Crippen LogP) is 2.05. The minimum absolute atomic E-state index is 0.236. The highest BCUT2D eigenvalue weighted by molar-refractivity contribution is 5.34. The van der Waals surface area contributed by atoms with Crippen molar-refractivity contribution in [3.8, 4) is 0 Å². The van der Waals surface area contributed by atoms with Crippen molar-refractivity contribution in [2.75, 3.05) is 0 Å². The standard InChI is InChI=1S/C10H15NO/c1-2-3-8-6-10(11)5-4-9(8)7-12/h2-3,7,10,12H,1,4-6,11H2/b8-3-,9-7+. The second-order valence-electron chi connectivity index (χ2n) is 3.08. The van der Waals surface area contributed by atoms with E-state index in [2.05, 4.69) is 6.58 Å². The molecule has 0 aromatic carbocycles. The van der Waals surface area contributed by atoms with Gasteiger partial charge in [-0.2, -0.15) is 0 Å². The fourth-order valence-corrected chi connectivity index (χ4v) is 1.48. The van der Waals surface area contributed by atoms with Gasteiger partial charge in [-0.3, -0.25) is 0 Å². The van der Waals surface area contributed by atoms with E-state index in [1.54, 1.807) is 6.08 Å². The molecule has 3 N–H and O–H groups in total. The summed E-state index contributed by atoms with van der Waals surface area (Å²) in [7, 11) is 0. The highest BCUT2D eigenvalue weighted by Gasteiger charge is 2.16. The number of nitrogens with two attached hydrogens (primary N) is 1. The van der Waals surface area contributed by atoms with Crippen LogP contribution in [0.15, 0.2) is 36.1 Å². The first kappa shape index (κ1) is 9.07. The van der Waals surface area contributed by atoms with E-state index in [-0.39, 0.29) is 6.04 Å². The van der Waals surface area contributed by atoms with Crippen LogP contribution in [-0.2, 0) is 0 Å². The lowest BCUT2D eigenvalue weighted by Gasteiger charge is -2.22. The van der Waals surface area contributed by atoms with E-state index < -0.39 is 0 Å². The Hall–Kier alpha value is -1.02. The third-order valence-corrected chi connectivity index (χ3v) is 2.15. The molecule has 2 nitrogen and oxygen atoms in total. The second-order valence-corrected chi connectivity index (χ2v) is 3.08. The highest BCUT2D eigenvalue weighted by Crippen LogP contribution is 2.27. The lowest BCUT2D eigenvalue weighted by Crippen LogP contribution is -2.24. The summed E-state index contributed by atoms with van der Waals surface area (Å²) < 4.78 is 0. The van der Waals surface area contributed by atoms with Crippen LogP contribution in [0.25, 0.3) is 0 Å². The quantitative estimate of drug-likeness (QED) is 0.584. The lowest BCUT2D eigenvalue weighted by molar-refractivity contribution is 0.456. The van der Waals surface area contributed by atoms with Crippen LogP contribution < -0.4 is 5.73 Å². The minimum Gasteiger partial charge on any atom is -0.515 e. The van der Waals surface area contributed by atoms with Gasteiger partial charge in [-0.15, -0.1) is 0 Å². The molecular formula is C10H15NO. The molecule has 1 saturated carbocycles. The van der Waals surface area contributed by atoms with Gasteiger partial charge in [-0.1, -0.05) is 18.7 Å². The van der Waals surface area contributed by atoms with Gasteiger partial charge in [0.05, 0.1) is 6.26 Å². The Labute approximate surface area is 73.1 Å². The Bertz CT molecular complexity index is 228. The Morgan fingerprint density at radius 2 is 2.25 bits per heavy atom. The van der Waals surface area contributed by atoms with E-state index >= 15 is 0 Å². The van der Waals surface area contributed by atoms with E-state index in [1.807, 2.05) is 6.08 Å². The van der Waals surface area contributed by atoms with E-state index in [0.717, 1.165) is 30.4 Å². The summed E-state index contributed by atoms with van der Waals surface area (Å²) in [6, 6.07) is 0.236. The van der Waals surface area contributed by atoms with E-state index in [4.69, 9.17) is 10.8 Å². The number of allylic oxidation sites excluding steroid dienone is 3. The van der Waals surface area contributed by atoms with Gasteiger partial charge in [0, 0.05) is 6.04 Å². The van der Waals surface area contributed by atoms with Crippen LogP contribution in [0, 0.1) is 0 Å². The molecule has 1 aliphatic rings. The molecule has 12 heavy (non-hydrogen) atoms. The highest BCUT2D eigenvalue weighted by atomic mass is 16.2. The van der Waals surface area contributed by atoms with Crippen molar-refractivity contribution < 1.29 is 5.11 Å². The molecule has 66 valence electrons. The van der Waals surface area contributed by atoms with Crippen molar-refractivity contribution in [1.82, 2.24) is 0 Å². The third kappa shape index (κ3) is 1.98. The molecule has 0 radical (unpaired) electrons. The summed E-state index contributed by atoms with van der Waals surface area (Å²) in [4.78, 5) is 0. The molecule has 0 bridgehead atoms. The second kappa shape index (κ2) is 4.12. The molecule has 1 rings (SSSR count). The van der Waals surface area contributed by atoms with Gasteiger partial charge in [0.25, 0.3) is 0 Å². The monoisotopic (exact) mass is 165 g/mol. The largest absolute Gasteiger partial charge is 0.515 e. The number of rotatable bonds is 1. The zero-order chi connectivity index (χ0) is 8.97. The molecule has 0 heterocycles. The molecule has 0 spiro atoms. The zero-order valence-corrected chi connectivity index (χ0v) is 7.16. The number of aliphatic hydroxyl groups is 1. The molecule has 1 atom stereocenters. The van der Waals surface area contributed by atoms with E-state index in [0.29, 0.717) is 0 Å². The molecule has 0 aliphatic heterocycles. The first-order chi connectivity index (χ1) is 5.77. The summed E-state index contributed by atoms with van der Waals surface area (Å²) in [6.07, 6.45) is 7.51. The average molecular weight is 165 g/mol. The number of hydrogen-bond donors (Lipinski definition) is 2. The summed E-state index contributed by atoms with van der Waals surface area (Å²) >= 11 is 0. The first-order valence-corrected chi connectivity index (χ1v) is 4.18. The van der Waals surface area contributed by atoms with Crippen LogP contribution in [0.5, 0.6) is 0 Å². The van der Waals surface area contributed by atoms with Crippen LogP contribution in [0.1, 0.15) is 19.3 Å². The Morgan fingerprint density at radius 1 is 1.50 bits per heavy atom. The van der Waals surface area contributed by atoms with Gasteiger partial charge >= 0.3 is 0 Å². The van der Waals surface area contributed by atoms with Gasteiger partial charge in [0.1, 0.15) is 0 Å². The Morgan fingerprint density at radius 3 is 2.83 bits per heavy atom. The van der Waals surface area contributed by atoms with Crippen LogP contribution in [0.2, 0.25) is 0 Å². The van der Waals surface area contributed by atoms with Crippen molar-refractivity contribution in [1.29, 1.82) is 0 Å². The van der Waals surface area contributed by atoms with Crippen molar-refractivity contribution >= 4 is 0 Å². The molecule has 2 heteroatoms. The van der Waals surface area contributed by atoms with Crippen LogP contribution in [0.3, 0.4) is 0 Å². The smallest absolute Gasteiger partial charge is 0.0826 e. The number of aliphatic hydroxyl groups excluding tert-OH is 1. The van der Waals surface area contributed by atoms with Crippen LogP contribution in [0.4, 0.5) is 0 Å². The molecular weight excluding hydrogens is 150 g/mol. The van der Waals surface area contributed by atoms with Crippen molar-refractivity contribution in [3.05, 3.63) is 36.1 Å². The van der Waals surface area contributed by atoms with Crippen molar-refractivity contribution in [2.45, 2.75) is 25.3 Å². The van der Waals surface area contributed by atoms with Gasteiger partial charge < -0.3 is 10.8 Å². The third-order valence-electron chi connectivity index (χ3n) is 2.15. The maximum Gasteiger partial charge on any atom is 0.0826 e. The molecule has 1 fully saturated rings. The molecule has 1 aliphatic carbocycles. The van der Waals surface area contributed by atoms with Gasteiger partial charge in [0.2, 0.25) is 0 Å². The van der Waals surface area contributed by atoms with Gasteiger partial charge in [0.15, 0.2) is 0 Å². The maximum absolute atomic E-state index is 8.90. The summed E-state index contributed by atoms with van der Waals surface area (Å²) in [6.45, 7) is 3.62. The molecule has 0 aromatic heterocycles.